The molecule has 4 fully saturated rings. The normalized spacial score (nSPS) is 34.7. The zero-order valence-electron chi connectivity index (χ0n) is 19.4. The highest BCUT2D eigenvalue weighted by Gasteiger charge is 2.47. The summed E-state index contributed by atoms with van der Waals surface area (Å²) in [6.07, 6.45) is 3.82. The number of hydrogen-bond donors (Lipinski definition) is 2. The first-order chi connectivity index (χ1) is 13.7. The van der Waals surface area contributed by atoms with Crippen LogP contribution in [-0.2, 0) is 9.47 Å². The number of fused-ring (bicyclic) bond motifs is 4. The van der Waals surface area contributed by atoms with E-state index in [1.165, 1.54) is 0 Å². The van der Waals surface area contributed by atoms with Gasteiger partial charge in [-0.2, -0.15) is 0 Å². The number of carbonyl (C=O) groups is 2. The number of rotatable bonds is 0. The number of nitrogens with zero attached hydrogens (tertiary/aromatic N) is 2. The molecule has 0 unspecified atom stereocenters. The van der Waals surface area contributed by atoms with Crippen LogP contribution in [-0.4, -0.2) is 70.4 Å². The topological polar surface area (TPSA) is 111 Å². The zero-order chi connectivity index (χ0) is 22.4. The first-order valence-electron chi connectivity index (χ1n) is 11.2. The van der Waals surface area contributed by atoms with Gasteiger partial charge in [0.1, 0.15) is 11.2 Å². The lowest BCUT2D eigenvalue weighted by molar-refractivity contribution is 0.0163. The largest absolute Gasteiger partial charge is 0.444 e. The summed E-state index contributed by atoms with van der Waals surface area (Å²) < 4.78 is 10.7. The van der Waals surface area contributed by atoms with E-state index in [0.29, 0.717) is 11.8 Å². The quantitative estimate of drug-likeness (QED) is 0.618. The number of hydrogen-bond acceptors (Lipinski definition) is 6. The molecule has 4 rings (SSSR count). The summed E-state index contributed by atoms with van der Waals surface area (Å²) in [7, 11) is 0. The second-order valence-corrected chi connectivity index (χ2v) is 11.4. The number of nitrogens with two attached hydrogens (primary N) is 2. The van der Waals surface area contributed by atoms with Crippen LogP contribution >= 0.6 is 0 Å². The highest BCUT2D eigenvalue weighted by Crippen LogP contribution is 2.38. The van der Waals surface area contributed by atoms with Gasteiger partial charge in [0.2, 0.25) is 0 Å². The molecule has 6 atom stereocenters. The Morgan fingerprint density at radius 1 is 0.700 bits per heavy atom. The average molecular weight is 425 g/mol. The van der Waals surface area contributed by atoms with Gasteiger partial charge < -0.3 is 30.7 Å². The van der Waals surface area contributed by atoms with E-state index in [2.05, 4.69) is 0 Å². The molecule has 4 aliphatic rings. The number of likely N-dealkylation sites (tertiary alicyclic amines) is 2. The van der Waals surface area contributed by atoms with E-state index in [9.17, 15) is 9.59 Å². The third kappa shape index (κ3) is 5.38. The minimum Gasteiger partial charge on any atom is -0.444 e. The molecule has 8 nitrogen and oxygen atoms in total. The molecule has 0 spiro atoms. The van der Waals surface area contributed by atoms with Crippen molar-refractivity contribution >= 4 is 12.2 Å². The van der Waals surface area contributed by atoms with Gasteiger partial charge in [-0.3, -0.25) is 0 Å². The van der Waals surface area contributed by atoms with Gasteiger partial charge in [0, 0.05) is 25.2 Å². The molecule has 172 valence electrons. The summed E-state index contributed by atoms with van der Waals surface area (Å²) in [4.78, 5) is 27.3. The van der Waals surface area contributed by atoms with Crippen LogP contribution in [0.4, 0.5) is 9.59 Å². The van der Waals surface area contributed by atoms with Crippen molar-refractivity contribution in [1.82, 2.24) is 9.80 Å². The smallest absolute Gasteiger partial charge is 0.410 e. The summed E-state index contributed by atoms with van der Waals surface area (Å²) in [5.74, 6) is 1.19. The molecule has 2 heterocycles. The van der Waals surface area contributed by atoms with Crippen molar-refractivity contribution in [2.45, 2.75) is 103 Å². The molecule has 2 aliphatic carbocycles. The predicted molar refractivity (Wildman–Crippen MR) is 115 cm³/mol. The molecule has 0 aromatic carbocycles. The first kappa shape index (κ1) is 23.1. The number of piperidine rings is 2. The maximum Gasteiger partial charge on any atom is 0.410 e. The van der Waals surface area contributed by atoms with Crippen LogP contribution in [0.1, 0.15) is 67.2 Å². The minimum atomic E-state index is -0.414. The molecule has 2 amide bonds. The van der Waals surface area contributed by atoms with Gasteiger partial charge >= 0.3 is 12.2 Å². The van der Waals surface area contributed by atoms with Crippen LogP contribution in [0.15, 0.2) is 0 Å². The molecule has 0 aromatic heterocycles. The SMILES string of the molecule is CC(C)(C)OC(=O)N1C[C@@H]2C[C@@H](N)[C@H]1C2.CC(C)(C)OC(=O)N1C[C@H]2C[C@H](N)[C@@H]1C2. The monoisotopic (exact) mass is 424 g/mol. The van der Waals surface area contributed by atoms with Gasteiger partial charge in [-0.15, -0.1) is 0 Å². The number of amides is 2. The Hall–Kier alpha value is -1.54. The first-order valence-corrected chi connectivity index (χ1v) is 11.2. The summed E-state index contributed by atoms with van der Waals surface area (Å²) in [6, 6.07) is 0.724. The molecule has 0 radical (unpaired) electrons. The second-order valence-electron chi connectivity index (χ2n) is 11.4. The van der Waals surface area contributed by atoms with Gasteiger partial charge in [-0.1, -0.05) is 0 Å². The molecule has 8 heteroatoms. The molecule has 0 aromatic rings. The van der Waals surface area contributed by atoms with Gasteiger partial charge in [-0.05, 0) is 79.1 Å². The van der Waals surface area contributed by atoms with Crippen molar-refractivity contribution in [1.29, 1.82) is 0 Å². The lowest BCUT2D eigenvalue weighted by atomic mass is 10.1. The average Bonchev–Trinajstić information content (AvgIpc) is 3.30. The lowest BCUT2D eigenvalue weighted by Gasteiger charge is -2.33. The summed E-state index contributed by atoms with van der Waals surface area (Å²) in [5, 5.41) is 0. The van der Waals surface area contributed by atoms with Crippen LogP contribution in [0.2, 0.25) is 0 Å². The van der Waals surface area contributed by atoms with E-state index in [1.807, 2.05) is 51.3 Å². The molecule has 2 saturated carbocycles. The molecule has 2 aliphatic heterocycles. The van der Waals surface area contributed by atoms with Crippen molar-refractivity contribution in [2.75, 3.05) is 13.1 Å². The highest BCUT2D eigenvalue weighted by molar-refractivity contribution is 5.70. The maximum absolute atomic E-state index is 11.8. The van der Waals surface area contributed by atoms with Crippen LogP contribution in [0.3, 0.4) is 0 Å². The fourth-order valence-electron chi connectivity index (χ4n) is 5.21. The van der Waals surface area contributed by atoms with Crippen molar-refractivity contribution in [2.24, 2.45) is 23.3 Å². The molecular weight excluding hydrogens is 384 g/mol. The van der Waals surface area contributed by atoms with E-state index < -0.39 is 11.2 Å². The van der Waals surface area contributed by atoms with E-state index >= 15 is 0 Å². The highest BCUT2D eigenvalue weighted by atomic mass is 16.6. The Kier molecular flexibility index (Phi) is 6.31. The van der Waals surface area contributed by atoms with Gasteiger partial charge in [-0.25, -0.2) is 9.59 Å². The van der Waals surface area contributed by atoms with Crippen molar-refractivity contribution in [3.8, 4) is 0 Å². The molecule has 4 bridgehead atoms. The van der Waals surface area contributed by atoms with Crippen LogP contribution in [0.5, 0.6) is 0 Å². The summed E-state index contributed by atoms with van der Waals surface area (Å²) >= 11 is 0. The molecule has 2 saturated heterocycles. The minimum absolute atomic E-state index is 0.149. The van der Waals surface area contributed by atoms with E-state index in [-0.39, 0.29) is 36.4 Å². The van der Waals surface area contributed by atoms with Gasteiger partial charge in [0.05, 0.1) is 12.1 Å². The van der Waals surface area contributed by atoms with Crippen LogP contribution < -0.4 is 11.5 Å². The van der Waals surface area contributed by atoms with Crippen LogP contribution in [0, 0.1) is 11.8 Å². The zero-order valence-corrected chi connectivity index (χ0v) is 19.4. The molecular formula is C22H40N4O4. The van der Waals surface area contributed by atoms with Gasteiger partial charge in [0.25, 0.3) is 0 Å². The fraction of sp³-hybridized carbons (Fsp3) is 0.909. The fourth-order valence-corrected chi connectivity index (χ4v) is 5.21. The lowest BCUT2D eigenvalue weighted by Crippen LogP contribution is -2.49. The van der Waals surface area contributed by atoms with Crippen molar-refractivity contribution in [3.63, 3.8) is 0 Å². The predicted octanol–water partition coefficient (Wildman–Crippen LogP) is 2.69. The van der Waals surface area contributed by atoms with Gasteiger partial charge in [0.15, 0.2) is 0 Å². The van der Waals surface area contributed by atoms with Crippen molar-refractivity contribution < 1.29 is 19.1 Å². The third-order valence-electron chi connectivity index (χ3n) is 6.32. The maximum atomic E-state index is 11.8. The Bertz CT molecular complexity index is 601. The van der Waals surface area contributed by atoms with Crippen molar-refractivity contribution in [3.05, 3.63) is 0 Å². The van der Waals surface area contributed by atoms with Crippen LogP contribution in [0.25, 0.3) is 0 Å². The number of carbonyl (C=O) groups excluding carboxylic acids is 2. The Morgan fingerprint density at radius 3 is 1.27 bits per heavy atom. The standard InChI is InChI=1S/2C11H20N2O2/c2*1-11(2,3)15-10(14)13-6-7-4-8(12)9(13)5-7/h2*7-9H,4-6,12H2,1-3H3/t2*7-,8-,9-/m10/s1. The third-order valence-corrected chi connectivity index (χ3v) is 6.32. The van der Waals surface area contributed by atoms with E-state index in [4.69, 9.17) is 20.9 Å². The number of ether oxygens (including phenoxy) is 2. The summed E-state index contributed by atoms with van der Waals surface area (Å²) in [5.41, 5.74) is 11.1. The van der Waals surface area contributed by atoms with E-state index in [1.54, 1.807) is 0 Å². The van der Waals surface area contributed by atoms with E-state index in [0.717, 1.165) is 38.8 Å². The Morgan fingerprint density at radius 2 is 1.03 bits per heavy atom. The molecule has 4 N–H and O–H groups in total. The second kappa shape index (κ2) is 8.19. The summed E-state index contributed by atoms with van der Waals surface area (Å²) in [6.45, 7) is 13.0. The Labute approximate surface area is 180 Å². The molecule has 30 heavy (non-hydrogen) atoms. The Balaban J connectivity index is 0.000000171.